The highest BCUT2D eigenvalue weighted by molar-refractivity contribution is 5.95. The van der Waals surface area contributed by atoms with Crippen LogP contribution in [0.2, 0.25) is 0 Å². The van der Waals surface area contributed by atoms with Crippen LogP contribution < -0.4 is 10.6 Å². The Morgan fingerprint density at radius 1 is 1.45 bits per heavy atom. The topological polar surface area (TPSA) is 54.0 Å². The second-order valence-corrected chi connectivity index (χ2v) is 6.41. The van der Waals surface area contributed by atoms with E-state index in [0.29, 0.717) is 17.0 Å². The number of carbonyl (C=O) groups excluding carboxylic acids is 1. The van der Waals surface area contributed by atoms with Crippen molar-refractivity contribution in [3.63, 3.8) is 0 Å². The summed E-state index contributed by atoms with van der Waals surface area (Å²) in [7, 11) is 1.82. The first kappa shape index (κ1) is 14.8. The fraction of sp³-hybridized carbons (Fsp3) is 0.625. The molecule has 0 aromatic carbocycles. The van der Waals surface area contributed by atoms with Crippen LogP contribution in [0.4, 0.5) is 5.82 Å². The summed E-state index contributed by atoms with van der Waals surface area (Å²) in [5.74, 6) is 0.766. The summed E-state index contributed by atoms with van der Waals surface area (Å²) >= 11 is 0. The minimum atomic E-state index is 0.0151. The largest absolute Gasteiger partial charge is 0.373 e. The number of nitrogens with one attached hydrogen (secondary N) is 2. The predicted octanol–water partition coefficient (Wildman–Crippen LogP) is 2.99. The van der Waals surface area contributed by atoms with Crippen molar-refractivity contribution in [3.05, 3.63) is 23.4 Å². The summed E-state index contributed by atoms with van der Waals surface area (Å²) in [6, 6.07) is 4.00. The Morgan fingerprint density at radius 2 is 2.20 bits per heavy atom. The number of hydrogen-bond acceptors (Lipinski definition) is 3. The lowest BCUT2D eigenvalue weighted by atomic mass is 9.92. The van der Waals surface area contributed by atoms with E-state index in [9.17, 15) is 4.79 Å². The van der Waals surface area contributed by atoms with Crippen LogP contribution in [-0.2, 0) is 6.42 Å². The van der Waals surface area contributed by atoms with Gasteiger partial charge in [-0.15, -0.1) is 0 Å². The molecule has 1 saturated carbocycles. The number of pyridine rings is 1. The number of aromatic nitrogens is 1. The van der Waals surface area contributed by atoms with Gasteiger partial charge in [-0.25, -0.2) is 4.98 Å². The second-order valence-electron chi connectivity index (χ2n) is 6.41. The minimum absolute atomic E-state index is 0.0151. The molecule has 0 aliphatic heterocycles. The molecule has 1 heterocycles. The van der Waals surface area contributed by atoms with Crippen molar-refractivity contribution in [3.8, 4) is 0 Å². The molecule has 1 atom stereocenters. The van der Waals surface area contributed by atoms with Crippen LogP contribution >= 0.6 is 0 Å². The number of hydrogen-bond donors (Lipinski definition) is 2. The molecule has 0 saturated heterocycles. The van der Waals surface area contributed by atoms with Crippen molar-refractivity contribution >= 4 is 11.7 Å². The van der Waals surface area contributed by atoms with Crippen molar-refractivity contribution in [2.75, 3.05) is 12.4 Å². The summed E-state index contributed by atoms with van der Waals surface area (Å²) < 4.78 is 0. The minimum Gasteiger partial charge on any atom is -0.373 e. The Morgan fingerprint density at radius 3 is 2.75 bits per heavy atom. The molecule has 1 aliphatic rings. The van der Waals surface area contributed by atoms with E-state index in [0.717, 1.165) is 30.8 Å². The van der Waals surface area contributed by atoms with Crippen LogP contribution in [0, 0.1) is 5.41 Å². The maximum atomic E-state index is 12.4. The normalized spacial score (nSPS) is 20.7. The standard InChI is InChI=1S/C16H25N3O/c1-5-12-8-11(9-14(17-4)18-12)15(20)19-13-6-7-16(2,3)10-13/h8-9,13H,5-7,10H2,1-4H3,(H,17,18)(H,19,20). The van der Waals surface area contributed by atoms with Gasteiger partial charge in [-0.2, -0.15) is 0 Å². The summed E-state index contributed by atoms with van der Waals surface area (Å²) in [4.78, 5) is 16.8. The zero-order valence-corrected chi connectivity index (χ0v) is 12.9. The summed E-state index contributed by atoms with van der Waals surface area (Å²) in [6.45, 7) is 6.57. The SMILES string of the molecule is CCc1cc(C(=O)NC2CCC(C)(C)C2)cc(NC)n1. The Kier molecular flexibility index (Phi) is 4.31. The molecular formula is C16H25N3O. The van der Waals surface area contributed by atoms with Gasteiger partial charge in [0.25, 0.3) is 5.91 Å². The third-order valence-electron chi connectivity index (χ3n) is 4.06. The molecule has 4 heteroatoms. The number of anilines is 1. The molecule has 0 bridgehead atoms. The molecule has 1 aromatic rings. The first-order valence-corrected chi connectivity index (χ1v) is 7.43. The Labute approximate surface area is 121 Å². The third-order valence-corrected chi connectivity index (χ3v) is 4.06. The van der Waals surface area contributed by atoms with E-state index < -0.39 is 0 Å². The highest BCUT2D eigenvalue weighted by atomic mass is 16.1. The Bertz CT molecular complexity index is 474. The number of rotatable bonds is 4. The van der Waals surface area contributed by atoms with Gasteiger partial charge >= 0.3 is 0 Å². The Hall–Kier alpha value is -1.58. The van der Waals surface area contributed by atoms with Gasteiger partial charge in [0.05, 0.1) is 0 Å². The molecule has 1 aromatic heterocycles. The van der Waals surface area contributed by atoms with E-state index >= 15 is 0 Å². The molecule has 1 aliphatic carbocycles. The summed E-state index contributed by atoms with van der Waals surface area (Å²) in [6.07, 6.45) is 4.13. The van der Waals surface area contributed by atoms with Gasteiger partial charge in [0.2, 0.25) is 0 Å². The second kappa shape index (κ2) is 5.81. The number of nitrogens with zero attached hydrogens (tertiary/aromatic N) is 1. The van der Waals surface area contributed by atoms with Crippen LogP contribution in [0.1, 0.15) is 56.1 Å². The van der Waals surface area contributed by atoms with Crippen LogP contribution in [0.3, 0.4) is 0 Å². The smallest absolute Gasteiger partial charge is 0.251 e. The lowest BCUT2D eigenvalue weighted by Gasteiger charge is -2.18. The number of aryl methyl sites for hydroxylation is 1. The summed E-state index contributed by atoms with van der Waals surface area (Å²) in [5, 5.41) is 6.17. The molecule has 20 heavy (non-hydrogen) atoms. The van der Waals surface area contributed by atoms with E-state index in [-0.39, 0.29) is 5.91 Å². The van der Waals surface area contributed by atoms with Gasteiger partial charge in [0.1, 0.15) is 5.82 Å². The van der Waals surface area contributed by atoms with Gasteiger partial charge in [0.15, 0.2) is 0 Å². The molecule has 1 amide bonds. The number of amides is 1. The highest BCUT2D eigenvalue weighted by Crippen LogP contribution is 2.37. The predicted molar refractivity (Wildman–Crippen MR) is 82.0 cm³/mol. The van der Waals surface area contributed by atoms with Crippen molar-refractivity contribution < 1.29 is 4.79 Å². The first-order chi connectivity index (χ1) is 9.43. The van der Waals surface area contributed by atoms with E-state index in [1.807, 2.05) is 26.1 Å². The molecule has 1 fully saturated rings. The molecule has 0 radical (unpaired) electrons. The molecular weight excluding hydrogens is 250 g/mol. The lowest BCUT2D eigenvalue weighted by molar-refractivity contribution is 0.0936. The van der Waals surface area contributed by atoms with Crippen molar-refractivity contribution in [2.24, 2.45) is 5.41 Å². The van der Waals surface area contributed by atoms with Crippen LogP contribution in [0.15, 0.2) is 12.1 Å². The molecule has 110 valence electrons. The fourth-order valence-corrected chi connectivity index (χ4v) is 2.86. The van der Waals surface area contributed by atoms with E-state index in [4.69, 9.17) is 0 Å². The Balaban J connectivity index is 2.09. The number of carbonyl (C=O) groups is 1. The van der Waals surface area contributed by atoms with Crippen LogP contribution in [-0.4, -0.2) is 24.0 Å². The zero-order chi connectivity index (χ0) is 14.8. The maximum Gasteiger partial charge on any atom is 0.251 e. The quantitative estimate of drug-likeness (QED) is 0.888. The molecule has 4 nitrogen and oxygen atoms in total. The van der Waals surface area contributed by atoms with Crippen LogP contribution in [0.5, 0.6) is 0 Å². The van der Waals surface area contributed by atoms with Crippen LogP contribution in [0.25, 0.3) is 0 Å². The molecule has 1 unspecified atom stereocenters. The summed E-state index contributed by atoms with van der Waals surface area (Å²) in [5.41, 5.74) is 1.99. The lowest BCUT2D eigenvalue weighted by Crippen LogP contribution is -2.33. The zero-order valence-electron chi connectivity index (χ0n) is 12.9. The van der Waals surface area contributed by atoms with E-state index in [2.05, 4.69) is 29.5 Å². The van der Waals surface area contributed by atoms with E-state index in [1.54, 1.807) is 0 Å². The van der Waals surface area contributed by atoms with Crippen molar-refractivity contribution in [1.82, 2.24) is 10.3 Å². The van der Waals surface area contributed by atoms with Gasteiger partial charge in [0, 0.05) is 24.3 Å². The van der Waals surface area contributed by atoms with Gasteiger partial charge in [-0.3, -0.25) is 4.79 Å². The van der Waals surface area contributed by atoms with Crippen molar-refractivity contribution in [1.29, 1.82) is 0 Å². The molecule has 2 N–H and O–H groups in total. The average molecular weight is 275 g/mol. The molecule has 0 spiro atoms. The van der Waals surface area contributed by atoms with Gasteiger partial charge in [-0.1, -0.05) is 20.8 Å². The first-order valence-electron chi connectivity index (χ1n) is 7.43. The third kappa shape index (κ3) is 3.50. The molecule has 2 rings (SSSR count). The maximum absolute atomic E-state index is 12.4. The highest BCUT2D eigenvalue weighted by Gasteiger charge is 2.31. The van der Waals surface area contributed by atoms with Gasteiger partial charge in [-0.05, 0) is 43.2 Å². The fourth-order valence-electron chi connectivity index (χ4n) is 2.86. The van der Waals surface area contributed by atoms with Gasteiger partial charge < -0.3 is 10.6 Å². The monoisotopic (exact) mass is 275 g/mol. The average Bonchev–Trinajstić information content (AvgIpc) is 2.77. The van der Waals surface area contributed by atoms with Crippen molar-refractivity contribution in [2.45, 2.75) is 52.5 Å². The van der Waals surface area contributed by atoms with E-state index in [1.165, 1.54) is 6.42 Å².